The van der Waals surface area contributed by atoms with Crippen LogP contribution in [0.15, 0.2) is 54.9 Å². The lowest BCUT2D eigenvalue weighted by Gasteiger charge is -2.58. The number of hydrogen-bond donors (Lipinski definition) is 2. The zero-order valence-electron chi connectivity index (χ0n) is 27.5. The van der Waals surface area contributed by atoms with Crippen LogP contribution in [0.2, 0.25) is 0 Å². The number of hydrogen-bond acceptors (Lipinski definition) is 8. The van der Waals surface area contributed by atoms with Crippen LogP contribution in [0.3, 0.4) is 0 Å². The number of benzene rings is 2. The van der Waals surface area contributed by atoms with E-state index in [1.165, 1.54) is 6.33 Å². The van der Waals surface area contributed by atoms with Crippen LogP contribution in [0.1, 0.15) is 90.2 Å². The molecular formula is C36H45FN4O5. The molecule has 1 aliphatic heterocycles. The van der Waals surface area contributed by atoms with Crippen molar-refractivity contribution >= 4 is 11.9 Å². The number of nitrogens with zero attached hydrogens (tertiary/aromatic N) is 3. The largest absolute Gasteiger partial charge is 0.490 e. The van der Waals surface area contributed by atoms with E-state index in [2.05, 4.69) is 41.3 Å². The second-order valence-electron chi connectivity index (χ2n) is 14.9. The van der Waals surface area contributed by atoms with Gasteiger partial charge in [0.1, 0.15) is 41.8 Å². The van der Waals surface area contributed by atoms with E-state index in [1.54, 1.807) is 6.92 Å². The van der Waals surface area contributed by atoms with E-state index in [4.69, 9.17) is 14.2 Å². The summed E-state index contributed by atoms with van der Waals surface area (Å²) >= 11 is 0. The summed E-state index contributed by atoms with van der Waals surface area (Å²) in [5, 5.41) is 12.5. The quantitative estimate of drug-likeness (QED) is 0.276. The maximum atomic E-state index is 15.5. The number of amides is 1. The number of carbonyl (C=O) groups is 1. The Morgan fingerprint density at radius 1 is 0.957 bits per heavy atom. The van der Waals surface area contributed by atoms with Crippen molar-refractivity contribution in [3.63, 3.8) is 0 Å². The normalized spacial score (nSPS) is 21.4. The Kier molecular flexibility index (Phi) is 8.38. The molecule has 1 unspecified atom stereocenters. The summed E-state index contributed by atoms with van der Waals surface area (Å²) in [6, 6.07) is 16.0. The van der Waals surface area contributed by atoms with Crippen molar-refractivity contribution in [2.24, 2.45) is 5.41 Å². The first-order chi connectivity index (χ1) is 21.7. The third kappa shape index (κ3) is 6.77. The monoisotopic (exact) mass is 632 g/mol. The van der Waals surface area contributed by atoms with E-state index >= 15 is 4.39 Å². The van der Waals surface area contributed by atoms with Crippen LogP contribution < -0.4 is 19.7 Å². The maximum absolute atomic E-state index is 15.5. The van der Waals surface area contributed by atoms with E-state index in [-0.39, 0.29) is 40.4 Å². The van der Waals surface area contributed by atoms with Gasteiger partial charge in [0.05, 0.1) is 6.10 Å². The molecule has 1 spiro atoms. The predicted molar refractivity (Wildman–Crippen MR) is 173 cm³/mol. The van der Waals surface area contributed by atoms with Crippen molar-refractivity contribution in [2.75, 3.05) is 18.0 Å². The SMILES string of the molecule is CC(Oc1ccc(C(C)(C)c2ccc(OC3CC(OC(=O)NC(C)(C)C)C3)cc2)cc1)c1ncnc(N2CC3(CC(O)C3)C2)c1F. The number of aliphatic hydroxyl groups excluding tert-OH is 1. The van der Waals surface area contributed by atoms with Gasteiger partial charge in [-0.25, -0.2) is 19.2 Å². The van der Waals surface area contributed by atoms with Crippen LogP contribution in [0.5, 0.6) is 11.5 Å². The molecule has 3 fully saturated rings. The van der Waals surface area contributed by atoms with E-state index < -0.39 is 18.0 Å². The molecule has 0 radical (unpaired) electrons. The summed E-state index contributed by atoms with van der Waals surface area (Å²) in [5.41, 5.74) is 1.96. The summed E-state index contributed by atoms with van der Waals surface area (Å²) in [7, 11) is 0. The zero-order valence-corrected chi connectivity index (χ0v) is 27.5. The smallest absolute Gasteiger partial charge is 0.407 e. The highest BCUT2D eigenvalue weighted by atomic mass is 19.1. The highest BCUT2D eigenvalue weighted by molar-refractivity contribution is 5.68. The molecule has 10 heteroatoms. The minimum Gasteiger partial charge on any atom is -0.490 e. The van der Waals surface area contributed by atoms with Crippen molar-refractivity contribution in [3.8, 4) is 11.5 Å². The Morgan fingerprint density at radius 3 is 2.11 bits per heavy atom. The summed E-state index contributed by atoms with van der Waals surface area (Å²) in [6.07, 6.45) is 2.95. The van der Waals surface area contributed by atoms with Gasteiger partial charge >= 0.3 is 6.09 Å². The fraction of sp³-hybridized carbons (Fsp3) is 0.528. The molecule has 1 atom stereocenters. The average molecular weight is 633 g/mol. The summed E-state index contributed by atoms with van der Waals surface area (Å²) in [6.45, 7) is 13.3. The molecule has 2 N–H and O–H groups in total. The number of ether oxygens (including phenoxy) is 3. The van der Waals surface area contributed by atoms with Gasteiger partial charge in [-0.05, 0) is 75.9 Å². The standard InChI is InChI=1S/C36H45FN4O5/c1-22(31-30(37)32(39-21-38-31)41-19-36(20-41)17-25(42)18-36)44-26-11-7-23(8-12-26)35(5,6)24-9-13-27(14-10-24)45-28-15-29(16-28)46-33(43)40-34(2,3)4/h7-14,21-22,25,28-29,42H,15-20H2,1-6H3,(H,40,43). The second-order valence-corrected chi connectivity index (χ2v) is 14.9. The van der Waals surface area contributed by atoms with Gasteiger partial charge in [-0.3, -0.25) is 0 Å². The Hall–Kier alpha value is -3.92. The lowest BCUT2D eigenvalue weighted by atomic mass is 9.62. The lowest BCUT2D eigenvalue weighted by Crippen LogP contribution is -2.64. The number of aliphatic hydroxyl groups is 1. The zero-order chi connectivity index (χ0) is 32.9. The highest BCUT2D eigenvalue weighted by Gasteiger charge is 2.53. The van der Waals surface area contributed by atoms with E-state index in [0.717, 1.165) is 29.7 Å². The molecule has 1 aromatic heterocycles. The first-order valence-corrected chi connectivity index (χ1v) is 16.2. The van der Waals surface area contributed by atoms with Crippen LogP contribution in [0, 0.1) is 11.2 Å². The van der Waals surface area contributed by atoms with Gasteiger partial charge in [-0.1, -0.05) is 38.1 Å². The fourth-order valence-electron chi connectivity index (χ4n) is 6.71. The third-order valence-corrected chi connectivity index (χ3v) is 9.44. The van der Waals surface area contributed by atoms with E-state index in [1.807, 2.05) is 62.1 Å². The molecule has 46 heavy (non-hydrogen) atoms. The number of rotatable bonds is 9. The first-order valence-electron chi connectivity index (χ1n) is 16.2. The van der Waals surface area contributed by atoms with E-state index in [0.29, 0.717) is 37.5 Å². The molecule has 2 heterocycles. The summed E-state index contributed by atoms with van der Waals surface area (Å²) < 4.78 is 33.2. The number of aromatic nitrogens is 2. The van der Waals surface area contributed by atoms with Crippen molar-refractivity contribution in [1.82, 2.24) is 15.3 Å². The van der Waals surface area contributed by atoms with Crippen LogP contribution >= 0.6 is 0 Å². The Labute approximate surface area is 270 Å². The minimum atomic E-state index is -0.605. The van der Waals surface area contributed by atoms with Gasteiger partial charge in [-0.15, -0.1) is 0 Å². The number of carbonyl (C=O) groups excluding carboxylic acids is 1. The summed E-state index contributed by atoms with van der Waals surface area (Å²) in [5.74, 6) is 1.26. The highest BCUT2D eigenvalue weighted by Crippen LogP contribution is 2.49. The topological polar surface area (TPSA) is 106 Å². The predicted octanol–water partition coefficient (Wildman–Crippen LogP) is 6.48. The van der Waals surface area contributed by atoms with Crippen LogP contribution in [0.25, 0.3) is 0 Å². The van der Waals surface area contributed by atoms with Crippen LogP contribution in [-0.4, -0.2) is 58.1 Å². The van der Waals surface area contributed by atoms with Crippen molar-refractivity contribution in [3.05, 3.63) is 77.5 Å². The minimum absolute atomic E-state index is 0.0220. The number of halogens is 1. The molecule has 2 saturated carbocycles. The average Bonchev–Trinajstić information content (AvgIpc) is 2.93. The Balaban J connectivity index is 1.01. The van der Waals surface area contributed by atoms with Gasteiger partial charge in [0.2, 0.25) is 0 Å². The van der Waals surface area contributed by atoms with Gasteiger partial charge in [0.25, 0.3) is 0 Å². The van der Waals surface area contributed by atoms with Gasteiger partial charge in [-0.2, -0.15) is 0 Å². The molecule has 1 amide bonds. The van der Waals surface area contributed by atoms with Gasteiger partial charge in [0.15, 0.2) is 11.6 Å². The van der Waals surface area contributed by atoms with Gasteiger partial charge in [0, 0.05) is 42.3 Å². The number of alkyl carbamates (subject to hydrolysis) is 1. The van der Waals surface area contributed by atoms with Crippen LogP contribution in [0.4, 0.5) is 15.0 Å². The summed E-state index contributed by atoms with van der Waals surface area (Å²) in [4.78, 5) is 22.3. The van der Waals surface area contributed by atoms with Gasteiger partial charge < -0.3 is 29.5 Å². The molecule has 1 saturated heterocycles. The molecule has 9 nitrogen and oxygen atoms in total. The maximum Gasteiger partial charge on any atom is 0.407 e. The molecule has 3 aliphatic rings. The Morgan fingerprint density at radius 2 is 1.54 bits per heavy atom. The Bertz CT molecular complexity index is 1540. The molecule has 6 rings (SSSR count). The van der Waals surface area contributed by atoms with Crippen molar-refractivity contribution < 1.29 is 28.5 Å². The molecule has 2 aromatic carbocycles. The number of nitrogens with one attached hydrogen (secondary N) is 1. The molecular weight excluding hydrogens is 587 g/mol. The first kappa shape index (κ1) is 32.0. The fourth-order valence-corrected chi connectivity index (χ4v) is 6.71. The molecule has 3 aromatic rings. The third-order valence-electron chi connectivity index (χ3n) is 9.44. The van der Waals surface area contributed by atoms with Crippen molar-refractivity contribution in [2.45, 2.75) is 103 Å². The molecule has 2 aliphatic carbocycles. The second kappa shape index (κ2) is 12.0. The van der Waals surface area contributed by atoms with Crippen LogP contribution in [-0.2, 0) is 10.2 Å². The lowest BCUT2D eigenvalue weighted by molar-refractivity contribution is -0.0497. The molecule has 0 bridgehead atoms. The van der Waals surface area contributed by atoms with E-state index in [9.17, 15) is 9.90 Å². The van der Waals surface area contributed by atoms with Crippen molar-refractivity contribution in [1.29, 1.82) is 0 Å². The number of anilines is 1. The molecule has 246 valence electrons.